The van der Waals surface area contributed by atoms with E-state index in [9.17, 15) is 4.39 Å². The van der Waals surface area contributed by atoms with Crippen molar-refractivity contribution in [3.8, 4) is 0 Å². The Balaban J connectivity index is 1.84. The first-order valence-electron chi connectivity index (χ1n) is 8.11. The minimum Gasteiger partial charge on any atom is -0.329 e. The molecule has 1 atom stereocenters. The average Bonchev–Trinajstić information content (AvgIpc) is 2.98. The summed E-state index contributed by atoms with van der Waals surface area (Å²) in [6.45, 7) is 1.46. The molecule has 126 valence electrons. The molecular formula is C20H18ClFN3+. The van der Waals surface area contributed by atoms with Crippen LogP contribution in [0.2, 0.25) is 5.02 Å². The van der Waals surface area contributed by atoms with E-state index in [1.807, 2.05) is 37.5 Å². The number of hydrogen-bond acceptors (Lipinski definition) is 2. The van der Waals surface area contributed by atoms with Crippen molar-refractivity contribution in [1.82, 2.24) is 14.4 Å². The topological polar surface area (TPSA) is 16.1 Å². The number of pyridine rings is 1. The lowest BCUT2D eigenvalue weighted by Crippen LogP contribution is -2.44. The van der Waals surface area contributed by atoms with Gasteiger partial charge in [-0.25, -0.2) is 8.87 Å². The van der Waals surface area contributed by atoms with Gasteiger partial charge in [0.15, 0.2) is 6.67 Å². The molecule has 0 fully saturated rings. The molecular weight excluding hydrogens is 337 g/mol. The van der Waals surface area contributed by atoms with E-state index < -0.39 is 0 Å². The molecule has 25 heavy (non-hydrogen) atoms. The maximum atomic E-state index is 14.1. The van der Waals surface area contributed by atoms with Gasteiger partial charge in [-0.05, 0) is 23.6 Å². The molecule has 3 nitrogen and oxygen atoms in total. The highest BCUT2D eigenvalue weighted by atomic mass is 35.5. The van der Waals surface area contributed by atoms with Crippen molar-refractivity contribution in [2.75, 3.05) is 13.7 Å². The molecule has 0 N–H and O–H groups in total. The first-order chi connectivity index (χ1) is 12.1. The number of quaternary nitrogens is 1. The van der Waals surface area contributed by atoms with Gasteiger partial charge in [-0.2, -0.15) is 0 Å². The van der Waals surface area contributed by atoms with E-state index >= 15 is 0 Å². The van der Waals surface area contributed by atoms with Gasteiger partial charge in [0.05, 0.1) is 6.20 Å². The number of hydrogen-bond donors (Lipinski definition) is 0. The van der Waals surface area contributed by atoms with E-state index in [0.29, 0.717) is 21.4 Å². The molecule has 2 aromatic carbocycles. The second-order valence-electron chi connectivity index (χ2n) is 6.50. The molecule has 1 unspecified atom stereocenters. The Bertz CT molecular complexity index is 972. The maximum Gasteiger partial charge on any atom is 0.163 e. The lowest BCUT2D eigenvalue weighted by molar-refractivity contribution is 0.289. The molecule has 1 aliphatic rings. The van der Waals surface area contributed by atoms with Crippen molar-refractivity contribution in [3.05, 3.63) is 83.7 Å². The van der Waals surface area contributed by atoms with E-state index in [-0.39, 0.29) is 5.82 Å². The van der Waals surface area contributed by atoms with Gasteiger partial charge in [0, 0.05) is 41.5 Å². The second-order valence-corrected chi connectivity index (χ2v) is 6.94. The summed E-state index contributed by atoms with van der Waals surface area (Å²) in [6, 6.07) is 13.1. The fourth-order valence-corrected chi connectivity index (χ4v) is 3.68. The molecule has 1 aromatic heterocycles. The Morgan fingerprint density at radius 3 is 2.76 bits per heavy atom. The van der Waals surface area contributed by atoms with Crippen molar-refractivity contribution >= 4 is 28.1 Å². The van der Waals surface area contributed by atoms with E-state index in [2.05, 4.69) is 28.4 Å². The second kappa shape index (κ2) is 6.14. The van der Waals surface area contributed by atoms with Gasteiger partial charge < -0.3 is 4.90 Å². The van der Waals surface area contributed by atoms with Crippen LogP contribution in [0.15, 0.2) is 67.3 Å². The van der Waals surface area contributed by atoms with Crippen LogP contribution >= 0.6 is 11.6 Å². The normalized spacial score (nSPS) is 19.7. The van der Waals surface area contributed by atoms with Gasteiger partial charge in [0.25, 0.3) is 0 Å². The summed E-state index contributed by atoms with van der Waals surface area (Å²) in [5, 5.41) is 2.17. The van der Waals surface area contributed by atoms with Gasteiger partial charge in [-0.3, -0.25) is 4.98 Å². The van der Waals surface area contributed by atoms with Gasteiger partial charge in [-0.1, -0.05) is 29.8 Å². The van der Waals surface area contributed by atoms with Gasteiger partial charge in [0.1, 0.15) is 24.2 Å². The highest BCUT2D eigenvalue weighted by Crippen LogP contribution is 2.34. The highest BCUT2D eigenvalue weighted by molar-refractivity contribution is 6.30. The SMILES string of the molecule is CN1C=C[N+](Cc2cncc3c(F)cccc23)(c2cccc(Cl)c2)C1. The van der Waals surface area contributed by atoms with Crippen LogP contribution in [-0.2, 0) is 6.54 Å². The van der Waals surface area contributed by atoms with Gasteiger partial charge in [-0.15, -0.1) is 0 Å². The predicted molar refractivity (Wildman–Crippen MR) is 100 cm³/mol. The van der Waals surface area contributed by atoms with Gasteiger partial charge in [0.2, 0.25) is 0 Å². The summed E-state index contributed by atoms with van der Waals surface area (Å²) in [7, 11) is 2.04. The number of fused-ring (bicyclic) bond motifs is 1. The first kappa shape index (κ1) is 16.1. The highest BCUT2D eigenvalue weighted by Gasteiger charge is 2.34. The summed E-state index contributed by atoms with van der Waals surface area (Å²) in [6.07, 6.45) is 7.64. The fraction of sp³-hybridized carbons (Fsp3) is 0.150. The zero-order valence-electron chi connectivity index (χ0n) is 13.9. The third-order valence-corrected chi connectivity index (χ3v) is 4.92. The van der Waals surface area contributed by atoms with Crippen LogP contribution in [0.4, 0.5) is 10.1 Å². The molecule has 2 heterocycles. The van der Waals surface area contributed by atoms with Crippen molar-refractivity contribution in [1.29, 1.82) is 0 Å². The standard InChI is InChI=1S/C20H18ClFN3/c1-24-8-9-25(14-24,17-5-2-4-16(21)10-17)13-15-11-23-12-19-18(15)6-3-7-20(19)22/h2-12H,13-14H2,1H3/q+1. The van der Waals surface area contributed by atoms with Crippen molar-refractivity contribution < 1.29 is 4.39 Å². The number of halogens is 2. The summed E-state index contributed by atoms with van der Waals surface area (Å²) in [5.74, 6) is -0.241. The third kappa shape index (κ3) is 2.88. The van der Waals surface area contributed by atoms with E-state index in [0.717, 1.165) is 23.3 Å². The third-order valence-electron chi connectivity index (χ3n) is 4.69. The van der Waals surface area contributed by atoms with E-state index in [4.69, 9.17) is 11.6 Å². The molecule has 0 spiro atoms. The lowest BCUT2D eigenvalue weighted by atomic mass is 10.1. The zero-order valence-corrected chi connectivity index (χ0v) is 14.6. The molecule has 1 aliphatic heterocycles. The van der Waals surface area contributed by atoms with Crippen molar-refractivity contribution in [3.63, 3.8) is 0 Å². The van der Waals surface area contributed by atoms with Crippen LogP contribution in [0.3, 0.4) is 0 Å². The van der Waals surface area contributed by atoms with Crippen LogP contribution in [0.5, 0.6) is 0 Å². The van der Waals surface area contributed by atoms with Crippen LogP contribution in [-0.4, -0.2) is 23.6 Å². The molecule has 5 heteroatoms. The van der Waals surface area contributed by atoms with Crippen LogP contribution < -0.4 is 4.48 Å². The number of aromatic nitrogens is 1. The molecule has 4 rings (SSSR count). The molecule has 0 saturated carbocycles. The number of nitrogens with zero attached hydrogens (tertiary/aromatic N) is 3. The van der Waals surface area contributed by atoms with Crippen LogP contribution in [0.1, 0.15) is 5.56 Å². The molecule has 3 aromatic rings. The molecule has 0 aliphatic carbocycles. The number of rotatable bonds is 3. The monoisotopic (exact) mass is 354 g/mol. The Morgan fingerprint density at radius 2 is 2.00 bits per heavy atom. The predicted octanol–water partition coefficient (Wildman–Crippen LogP) is 4.91. The Morgan fingerprint density at radius 1 is 1.16 bits per heavy atom. The Kier molecular flexibility index (Phi) is 3.94. The van der Waals surface area contributed by atoms with Crippen molar-refractivity contribution in [2.45, 2.75) is 6.54 Å². The Hall–Kier alpha value is -2.43. The first-order valence-corrected chi connectivity index (χ1v) is 8.49. The minimum absolute atomic E-state index is 0.241. The molecule has 0 radical (unpaired) electrons. The molecule has 0 bridgehead atoms. The van der Waals surface area contributed by atoms with Crippen molar-refractivity contribution in [2.24, 2.45) is 0 Å². The van der Waals surface area contributed by atoms with E-state index in [1.165, 1.54) is 6.07 Å². The van der Waals surface area contributed by atoms with Crippen LogP contribution in [0.25, 0.3) is 10.8 Å². The zero-order chi connectivity index (χ0) is 17.4. The number of benzene rings is 2. The summed E-state index contributed by atoms with van der Waals surface area (Å²) in [4.78, 5) is 6.40. The van der Waals surface area contributed by atoms with Crippen LogP contribution in [0, 0.1) is 5.82 Å². The summed E-state index contributed by atoms with van der Waals surface area (Å²) in [5.41, 5.74) is 2.11. The van der Waals surface area contributed by atoms with Gasteiger partial charge >= 0.3 is 0 Å². The summed E-state index contributed by atoms with van der Waals surface area (Å²) < 4.78 is 14.7. The quantitative estimate of drug-likeness (QED) is 0.621. The Labute approximate surface area is 151 Å². The summed E-state index contributed by atoms with van der Waals surface area (Å²) >= 11 is 6.23. The maximum absolute atomic E-state index is 14.1. The molecule has 0 saturated heterocycles. The average molecular weight is 355 g/mol. The fourth-order valence-electron chi connectivity index (χ4n) is 3.50. The minimum atomic E-state index is -0.241. The van der Waals surface area contributed by atoms with E-state index in [1.54, 1.807) is 12.3 Å². The largest absolute Gasteiger partial charge is 0.329 e. The smallest absolute Gasteiger partial charge is 0.163 e. The molecule has 0 amide bonds. The lowest BCUT2D eigenvalue weighted by Gasteiger charge is -2.32.